The van der Waals surface area contributed by atoms with Gasteiger partial charge in [0.15, 0.2) is 0 Å². The van der Waals surface area contributed by atoms with Gasteiger partial charge < -0.3 is 4.55 Å². The summed E-state index contributed by atoms with van der Waals surface area (Å²) < 4.78 is 31.2. The van der Waals surface area contributed by atoms with Crippen molar-refractivity contribution >= 4 is 10.1 Å². The van der Waals surface area contributed by atoms with Crippen LogP contribution in [0.4, 0.5) is 0 Å². The van der Waals surface area contributed by atoms with E-state index in [0.29, 0.717) is 6.42 Å². The minimum absolute atomic E-state index is 0. The van der Waals surface area contributed by atoms with Crippen molar-refractivity contribution in [2.75, 3.05) is 5.75 Å². The van der Waals surface area contributed by atoms with Gasteiger partial charge >= 0.3 is 29.6 Å². The number of hydrogen-bond acceptors (Lipinski definition) is 3. The molecule has 0 unspecified atom stereocenters. The molecule has 0 aliphatic carbocycles. The van der Waals surface area contributed by atoms with Crippen molar-refractivity contribution in [1.29, 1.82) is 0 Å². The third-order valence-electron chi connectivity index (χ3n) is 3.91. The van der Waals surface area contributed by atoms with Gasteiger partial charge in [0.25, 0.3) is 0 Å². The summed E-state index contributed by atoms with van der Waals surface area (Å²) in [5.74, 6) is -0.200. The zero-order valence-corrected chi connectivity index (χ0v) is 18.2. The average molecular weight is 355 g/mol. The van der Waals surface area contributed by atoms with Crippen molar-refractivity contribution < 1.29 is 42.5 Å². The minimum atomic E-state index is -4.00. The van der Waals surface area contributed by atoms with Crippen molar-refractivity contribution in [1.82, 2.24) is 0 Å². The van der Waals surface area contributed by atoms with Crippen molar-refractivity contribution in [2.24, 2.45) is 0 Å². The van der Waals surface area contributed by atoms with Gasteiger partial charge in [-0.25, -0.2) is 8.42 Å². The van der Waals surface area contributed by atoms with E-state index in [0.717, 1.165) is 25.7 Å². The fraction of sp³-hybridized carbons (Fsp3) is 0.889. The SMILES string of the molecule is CCCCCCCCC=CCCCCCCCCS(=O)(=O)[O-].[Na+]. The molecule has 0 fully saturated rings. The fourth-order valence-electron chi connectivity index (χ4n) is 2.53. The van der Waals surface area contributed by atoms with Gasteiger partial charge in [0.1, 0.15) is 0 Å². The van der Waals surface area contributed by atoms with E-state index in [9.17, 15) is 13.0 Å². The van der Waals surface area contributed by atoms with E-state index in [1.807, 2.05) is 0 Å². The normalized spacial score (nSPS) is 11.7. The molecule has 0 aliphatic rings. The number of rotatable bonds is 16. The first kappa shape index (κ1) is 25.9. The van der Waals surface area contributed by atoms with Crippen LogP contribution in [0.5, 0.6) is 0 Å². The second-order valence-corrected chi connectivity index (χ2v) is 7.72. The first-order chi connectivity index (χ1) is 10.6. The van der Waals surface area contributed by atoms with Crippen LogP contribution in [0.2, 0.25) is 0 Å². The smallest absolute Gasteiger partial charge is 0.748 e. The number of hydrogen-bond donors (Lipinski definition) is 0. The Bertz CT molecular complexity index is 353. The summed E-state index contributed by atoms with van der Waals surface area (Å²) in [6, 6.07) is 0. The summed E-state index contributed by atoms with van der Waals surface area (Å²) in [6.45, 7) is 2.25. The quantitative estimate of drug-likeness (QED) is 0.185. The molecule has 0 aromatic heterocycles. The molecule has 0 aliphatic heterocycles. The molecule has 0 heterocycles. The van der Waals surface area contributed by atoms with E-state index in [4.69, 9.17) is 0 Å². The van der Waals surface area contributed by atoms with Crippen LogP contribution in [0.25, 0.3) is 0 Å². The summed E-state index contributed by atoms with van der Waals surface area (Å²) in [5, 5.41) is 0. The predicted molar refractivity (Wildman–Crippen MR) is 94.0 cm³/mol. The molecule has 0 saturated carbocycles. The van der Waals surface area contributed by atoms with Crippen LogP contribution in [0, 0.1) is 0 Å². The van der Waals surface area contributed by atoms with E-state index >= 15 is 0 Å². The Morgan fingerprint density at radius 1 is 0.696 bits per heavy atom. The maximum Gasteiger partial charge on any atom is 1.00 e. The Balaban J connectivity index is 0. The molecule has 0 rings (SSSR count). The van der Waals surface area contributed by atoms with Gasteiger partial charge in [-0.05, 0) is 32.1 Å². The summed E-state index contributed by atoms with van der Waals surface area (Å²) in [4.78, 5) is 0. The molecular weight excluding hydrogens is 319 g/mol. The van der Waals surface area contributed by atoms with E-state index < -0.39 is 10.1 Å². The Morgan fingerprint density at radius 3 is 1.52 bits per heavy atom. The minimum Gasteiger partial charge on any atom is -0.748 e. The largest absolute Gasteiger partial charge is 1.00 e. The van der Waals surface area contributed by atoms with E-state index in [1.54, 1.807) is 0 Å². The van der Waals surface area contributed by atoms with Gasteiger partial charge in [0.2, 0.25) is 0 Å². The van der Waals surface area contributed by atoms with Crippen LogP contribution >= 0.6 is 0 Å². The van der Waals surface area contributed by atoms with Crippen LogP contribution in [0.3, 0.4) is 0 Å². The van der Waals surface area contributed by atoms with Crippen molar-refractivity contribution in [3.8, 4) is 0 Å². The van der Waals surface area contributed by atoms with Gasteiger partial charge in [-0.3, -0.25) is 0 Å². The zero-order chi connectivity index (χ0) is 16.5. The third kappa shape index (κ3) is 25.0. The van der Waals surface area contributed by atoms with Crippen LogP contribution in [0.1, 0.15) is 96.8 Å². The molecule has 5 heteroatoms. The summed E-state index contributed by atoms with van der Waals surface area (Å²) >= 11 is 0. The van der Waals surface area contributed by atoms with Gasteiger partial charge in [0, 0.05) is 5.75 Å². The third-order valence-corrected chi connectivity index (χ3v) is 4.69. The molecule has 0 bridgehead atoms. The van der Waals surface area contributed by atoms with Crippen LogP contribution < -0.4 is 29.6 Å². The molecule has 0 saturated heterocycles. The monoisotopic (exact) mass is 354 g/mol. The summed E-state index contributed by atoms with van der Waals surface area (Å²) in [5.41, 5.74) is 0. The van der Waals surface area contributed by atoms with E-state index in [1.165, 1.54) is 57.8 Å². The van der Waals surface area contributed by atoms with E-state index in [-0.39, 0.29) is 35.3 Å². The Hall–Kier alpha value is 0.650. The fourth-order valence-corrected chi connectivity index (χ4v) is 3.08. The molecule has 0 amide bonds. The zero-order valence-electron chi connectivity index (χ0n) is 15.4. The van der Waals surface area contributed by atoms with Gasteiger partial charge in [0.05, 0.1) is 10.1 Å². The Kier molecular flexibility index (Phi) is 21.4. The first-order valence-electron chi connectivity index (χ1n) is 9.15. The summed E-state index contributed by atoms with van der Waals surface area (Å²) in [7, 11) is -4.00. The molecule has 0 aromatic carbocycles. The molecule has 0 spiro atoms. The van der Waals surface area contributed by atoms with Crippen LogP contribution in [-0.4, -0.2) is 18.7 Å². The maximum absolute atomic E-state index is 10.4. The molecule has 0 N–H and O–H groups in total. The molecule has 0 aromatic rings. The van der Waals surface area contributed by atoms with Gasteiger partial charge in [-0.2, -0.15) is 0 Å². The second-order valence-electron chi connectivity index (χ2n) is 6.20. The van der Waals surface area contributed by atoms with Crippen molar-refractivity contribution in [3.63, 3.8) is 0 Å². The molecule has 0 radical (unpaired) electrons. The van der Waals surface area contributed by atoms with Crippen LogP contribution in [0.15, 0.2) is 12.2 Å². The number of allylic oxidation sites excluding steroid dienone is 2. The topological polar surface area (TPSA) is 57.2 Å². The molecule has 3 nitrogen and oxygen atoms in total. The maximum atomic E-state index is 10.4. The standard InChI is InChI=1S/C18H36O3S.Na/c1-2-3-4-5-6-7-8-9-10-11-12-13-14-15-16-17-18-22(19,20)21;/h9-10H,2-8,11-18H2,1H3,(H,19,20,21);/q;+1/p-1. The van der Waals surface area contributed by atoms with Crippen LogP contribution in [-0.2, 0) is 10.1 Å². The van der Waals surface area contributed by atoms with E-state index in [2.05, 4.69) is 19.1 Å². The average Bonchev–Trinajstić information content (AvgIpc) is 2.45. The van der Waals surface area contributed by atoms with Crippen molar-refractivity contribution in [2.45, 2.75) is 96.8 Å². The molecule has 0 atom stereocenters. The molecule has 23 heavy (non-hydrogen) atoms. The van der Waals surface area contributed by atoms with Crippen molar-refractivity contribution in [3.05, 3.63) is 12.2 Å². The molecular formula is C18H35NaO3S. The first-order valence-corrected chi connectivity index (χ1v) is 10.7. The Morgan fingerprint density at radius 2 is 1.09 bits per heavy atom. The van der Waals surface area contributed by atoms with Gasteiger partial charge in [-0.1, -0.05) is 76.9 Å². The Labute approximate surface area is 166 Å². The second kappa shape index (κ2) is 19.0. The number of unbranched alkanes of at least 4 members (excludes halogenated alkanes) is 12. The predicted octanol–water partition coefficient (Wildman–Crippen LogP) is 2.57. The molecule has 132 valence electrons. The van der Waals surface area contributed by atoms with Gasteiger partial charge in [-0.15, -0.1) is 0 Å². The summed E-state index contributed by atoms with van der Waals surface area (Å²) in [6.07, 6.45) is 21.1.